The Balaban J connectivity index is 2.28. The van der Waals surface area contributed by atoms with E-state index in [0.29, 0.717) is 6.61 Å². The zero-order valence-electron chi connectivity index (χ0n) is 5.92. The van der Waals surface area contributed by atoms with Gasteiger partial charge in [0.05, 0.1) is 6.61 Å². The van der Waals surface area contributed by atoms with Gasteiger partial charge in [-0.15, -0.1) is 11.8 Å². The summed E-state index contributed by atoms with van der Waals surface area (Å²) in [6.07, 6.45) is 2.63. The normalized spacial score (nSPS) is 20.3. The van der Waals surface area contributed by atoms with Gasteiger partial charge in [0.25, 0.3) is 0 Å². The number of ether oxygens (including phenoxy) is 1. The molecule has 0 unspecified atom stereocenters. The molecular formula is C7H10O2S. The fourth-order valence-electron chi connectivity index (χ4n) is 0.649. The molecule has 0 bridgehead atoms. The quantitative estimate of drug-likeness (QED) is 0.450. The Kier molecular flexibility index (Phi) is 2.81. The van der Waals surface area contributed by atoms with Crippen molar-refractivity contribution in [3.8, 4) is 0 Å². The number of esters is 1. The average molecular weight is 158 g/mol. The highest BCUT2D eigenvalue weighted by atomic mass is 32.2. The number of hydrogen-bond donors (Lipinski definition) is 0. The molecule has 1 rings (SSSR count). The molecule has 0 aliphatic carbocycles. The predicted molar refractivity (Wildman–Crippen MR) is 41.8 cm³/mol. The number of rotatable bonds is 2. The standard InChI is InChI=1S/C7H10O2S/c1-2-9-7(8)5-6-3-4-10-6/h5H,2-4H2,1H3/b6-5-. The van der Waals surface area contributed by atoms with Crippen molar-refractivity contribution in [2.75, 3.05) is 12.4 Å². The zero-order valence-corrected chi connectivity index (χ0v) is 6.74. The van der Waals surface area contributed by atoms with Gasteiger partial charge < -0.3 is 4.74 Å². The molecule has 10 heavy (non-hydrogen) atoms. The molecule has 56 valence electrons. The molecule has 1 heterocycles. The molecule has 1 aliphatic rings. The Labute approximate surface area is 64.6 Å². The van der Waals surface area contributed by atoms with Gasteiger partial charge in [0.2, 0.25) is 0 Å². The lowest BCUT2D eigenvalue weighted by molar-refractivity contribution is -0.137. The van der Waals surface area contributed by atoms with E-state index in [-0.39, 0.29) is 5.97 Å². The fourth-order valence-corrected chi connectivity index (χ4v) is 1.27. The highest BCUT2D eigenvalue weighted by molar-refractivity contribution is 8.04. The maximum atomic E-state index is 10.7. The molecule has 0 N–H and O–H groups in total. The summed E-state index contributed by atoms with van der Waals surface area (Å²) >= 11 is 1.72. The van der Waals surface area contributed by atoms with Gasteiger partial charge in [-0.2, -0.15) is 0 Å². The number of carbonyl (C=O) groups excluding carboxylic acids is 1. The minimum absolute atomic E-state index is 0.204. The third-order valence-electron chi connectivity index (χ3n) is 1.20. The van der Waals surface area contributed by atoms with Crippen molar-refractivity contribution < 1.29 is 9.53 Å². The summed E-state index contributed by atoms with van der Waals surface area (Å²) in [5, 5.41) is 0. The summed E-state index contributed by atoms with van der Waals surface area (Å²) in [4.78, 5) is 11.9. The van der Waals surface area contributed by atoms with Crippen molar-refractivity contribution in [1.82, 2.24) is 0 Å². The topological polar surface area (TPSA) is 26.3 Å². The minimum atomic E-state index is -0.204. The Hall–Kier alpha value is -0.440. The monoisotopic (exact) mass is 158 g/mol. The van der Waals surface area contributed by atoms with E-state index >= 15 is 0 Å². The van der Waals surface area contributed by atoms with Crippen LogP contribution in [0.25, 0.3) is 0 Å². The van der Waals surface area contributed by atoms with E-state index < -0.39 is 0 Å². The van der Waals surface area contributed by atoms with Gasteiger partial charge in [-0.1, -0.05) is 0 Å². The Morgan fingerprint density at radius 2 is 2.60 bits per heavy atom. The summed E-state index contributed by atoms with van der Waals surface area (Å²) in [5.74, 6) is 0.940. The van der Waals surface area contributed by atoms with Crippen LogP contribution < -0.4 is 0 Å². The summed E-state index contributed by atoms with van der Waals surface area (Å²) in [6, 6.07) is 0. The number of carbonyl (C=O) groups is 1. The van der Waals surface area contributed by atoms with Crippen LogP contribution in [0, 0.1) is 0 Å². The molecule has 1 aliphatic heterocycles. The van der Waals surface area contributed by atoms with E-state index in [0.717, 1.165) is 17.1 Å². The van der Waals surface area contributed by atoms with Crippen molar-refractivity contribution >= 4 is 17.7 Å². The van der Waals surface area contributed by atoms with Crippen LogP contribution in [0.5, 0.6) is 0 Å². The number of allylic oxidation sites excluding steroid dienone is 1. The van der Waals surface area contributed by atoms with Gasteiger partial charge in [-0.3, -0.25) is 0 Å². The lowest BCUT2D eigenvalue weighted by atomic mass is 10.4. The first kappa shape index (κ1) is 7.66. The maximum Gasteiger partial charge on any atom is 0.331 e. The van der Waals surface area contributed by atoms with Crippen molar-refractivity contribution in [3.63, 3.8) is 0 Å². The highest BCUT2D eigenvalue weighted by Crippen LogP contribution is 2.31. The van der Waals surface area contributed by atoms with Crippen molar-refractivity contribution in [1.29, 1.82) is 0 Å². The molecule has 0 atom stereocenters. The lowest BCUT2D eigenvalue weighted by Gasteiger charge is -2.14. The van der Waals surface area contributed by atoms with Crippen LogP contribution in [0.3, 0.4) is 0 Å². The van der Waals surface area contributed by atoms with Gasteiger partial charge in [-0.05, 0) is 18.2 Å². The van der Waals surface area contributed by atoms with E-state index in [1.54, 1.807) is 17.8 Å². The molecule has 0 aromatic heterocycles. The molecule has 0 spiro atoms. The first-order valence-electron chi connectivity index (χ1n) is 3.33. The van der Waals surface area contributed by atoms with E-state index in [1.165, 1.54) is 0 Å². The van der Waals surface area contributed by atoms with Gasteiger partial charge >= 0.3 is 5.97 Å². The molecule has 0 amide bonds. The van der Waals surface area contributed by atoms with Crippen LogP contribution >= 0.6 is 11.8 Å². The van der Waals surface area contributed by atoms with Gasteiger partial charge in [-0.25, -0.2) is 4.79 Å². The van der Waals surface area contributed by atoms with Gasteiger partial charge in [0.15, 0.2) is 0 Å². The summed E-state index contributed by atoms with van der Waals surface area (Å²) in [6.45, 7) is 2.28. The summed E-state index contributed by atoms with van der Waals surface area (Å²) < 4.78 is 4.72. The van der Waals surface area contributed by atoms with E-state index in [1.807, 2.05) is 6.92 Å². The second kappa shape index (κ2) is 3.66. The zero-order chi connectivity index (χ0) is 7.40. The van der Waals surface area contributed by atoms with Crippen LogP contribution in [-0.4, -0.2) is 18.3 Å². The molecular weight excluding hydrogens is 148 g/mol. The van der Waals surface area contributed by atoms with E-state index in [2.05, 4.69) is 0 Å². The predicted octanol–water partition coefficient (Wildman–Crippen LogP) is 1.57. The first-order chi connectivity index (χ1) is 4.83. The van der Waals surface area contributed by atoms with Crippen molar-refractivity contribution in [2.24, 2.45) is 0 Å². The SMILES string of the molecule is CCOC(=O)/C=C1/CCS1. The van der Waals surface area contributed by atoms with Crippen LogP contribution in [0.1, 0.15) is 13.3 Å². The molecule has 1 saturated heterocycles. The Morgan fingerprint density at radius 1 is 1.90 bits per heavy atom. The summed E-state index contributed by atoms with van der Waals surface area (Å²) in [5.41, 5.74) is 0. The molecule has 0 radical (unpaired) electrons. The first-order valence-corrected chi connectivity index (χ1v) is 4.31. The van der Waals surface area contributed by atoms with Crippen molar-refractivity contribution in [3.05, 3.63) is 11.0 Å². The molecule has 3 heteroatoms. The summed E-state index contributed by atoms with van der Waals surface area (Å²) in [7, 11) is 0. The Morgan fingerprint density at radius 3 is 3.00 bits per heavy atom. The van der Waals surface area contributed by atoms with Crippen LogP contribution in [-0.2, 0) is 9.53 Å². The number of thioether (sulfide) groups is 1. The fraction of sp³-hybridized carbons (Fsp3) is 0.571. The molecule has 1 fully saturated rings. The third kappa shape index (κ3) is 2.06. The van der Waals surface area contributed by atoms with Crippen molar-refractivity contribution in [2.45, 2.75) is 13.3 Å². The second-order valence-electron chi connectivity index (χ2n) is 1.96. The van der Waals surface area contributed by atoms with Crippen LogP contribution in [0.15, 0.2) is 11.0 Å². The Bertz CT molecular complexity index is 157. The van der Waals surface area contributed by atoms with Crippen LogP contribution in [0.4, 0.5) is 0 Å². The van der Waals surface area contributed by atoms with Gasteiger partial charge in [0, 0.05) is 11.8 Å². The maximum absolute atomic E-state index is 10.7. The van der Waals surface area contributed by atoms with Gasteiger partial charge in [0.1, 0.15) is 0 Å². The number of hydrogen-bond acceptors (Lipinski definition) is 3. The molecule has 0 aromatic rings. The third-order valence-corrected chi connectivity index (χ3v) is 2.30. The van der Waals surface area contributed by atoms with Crippen LogP contribution in [0.2, 0.25) is 0 Å². The second-order valence-corrected chi connectivity index (χ2v) is 3.18. The molecule has 2 nitrogen and oxygen atoms in total. The molecule has 0 saturated carbocycles. The van der Waals surface area contributed by atoms with E-state index in [9.17, 15) is 4.79 Å². The smallest absolute Gasteiger partial charge is 0.331 e. The highest BCUT2D eigenvalue weighted by Gasteiger charge is 2.10. The largest absolute Gasteiger partial charge is 0.463 e. The minimum Gasteiger partial charge on any atom is -0.463 e. The van der Waals surface area contributed by atoms with E-state index in [4.69, 9.17) is 4.74 Å². The molecule has 0 aromatic carbocycles. The lowest BCUT2D eigenvalue weighted by Crippen LogP contribution is -2.04. The average Bonchev–Trinajstić information content (AvgIpc) is 1.80.